The lowest BCUT2D eigenvalue weighted by molar-refractivity contribution is -0.571. The number of pyridine rings is 1. The minimum atomic E-state index is -0.0159. The number of hydrogen-bond donors (Lipinski definition) is 0. The summed E-state index contributed by atoms with van der Waals surface area (Å²) in [6, 6.07) is 17.1. The molecule has 3 heteroatoms. The summed E-state index contributed by atoms with van der Waals surface area (Å²) in [4.78, 5) is 0. The van der Waals surface area contributed by atoms with Gasteiger partial charge in [-0.05, 0) is 26.0 Å². The predicted octanol–water partition coefficient (Wildman–Crippen LogP) is 3.77. The first-order chi connectivity index (χ1) is 11.1. The van der Waals surface area contributed by atoms with Crippen molar-refractivity contribution in [2.24, 2.45) is 0 Å². The first-order valence-corrected chi connectivity index (χ1v) is 7.79. The second kappa shape index (κ2) is 4.72. The van der Waals surface area contributed by atoms with E-state index in [4.69, 9.17) is 9.47 Å². The molecule has 2 heterocycles. The maximum Gasteiger partial charge on any atom is 0.222 e. The smallest absolute Gasteiger partial charge is 0.222 e. The van der Waals surface area contributed by atoms with Crippen LogP contribution in [-0.4, -0.2) is 14.2 Å². The van der Waals surface area contributed by atoms with Crippen molar-refractivity contribution in [3.05, 3.63) is 59.8 Å². The molecule has 0 atom stereocenters. The van der Waals surface area contributed by atoms with Crippen molar-refractivity contribution in [2.75, 3.05) is 14.2 Å². The largest absolute Gasteiger partial charge is 0.493 e. The Morgan fingerprint density at radius 3 is 2.30 bits per heavy atom. The Kier molecular flexibility index (Phi) is 2.89. The van der Waals surface area contributed by atoms with Crippen LogP contribution in [0.4, 0.5) is 0 Å². The van der Waals surface area contributed by atoms with Crippen LogP contribution in [0.15, 0.2) is 48.5 Å². The maximum absolute atomic E-state index is 5.51. The number of para-hydroxylation sites is 1. The van der Waals surface area contributed by atoms with Crippen molar-refractivity contribution in [1.29, 1.82) is 0 Å². The number of methoxy groups -OCH3 is 2. The van der Waals surface area contributed by atoms with E-state index in [1.54, 1.807) is 14.2 Å². The van der Waals surface area contributed by atoms with Crippen LogP contribution in [0.3, 0.4) is 0 Å². The minimum absolute atomic E-state index is 0.0159. The van der Waals surface area contributed by atoms with E-state index >= 15 is 0 Å². The lowest BCUT2D eigenvalue weighted by Crippen LogP contribution is -2.35. The third kappa shape index (κ3) is 1.79. The van der Waals surface area contributed by atoms with E-state index in [1.165, 1.54) is 16.9 Å². The quantitative estimate of drug-likeness (QED) is 0.672. The Morgan fingerprint density at radius 2 is 1.57 bits per heavy atom. The van der Waals surface area contributed by atoms with Crippen LogP contribution >= 0.6 is 0 Å². The van der Waals surface area contributed by atoms with E-state index in [0.717, 1.165) is 22.4 Å². The summed E-state index contributed by atoms with van der Waals surface area (Å²) in [5, 5.41) is 1.14. The summed E-state index contributed by atoms with van der Waals surface area (Å²) in [6.45, 7) is 4.55. The highest BCUT2D eigenvalue weighted by molar-refractivity contribution is 5.81. The molecule has 0 unspecified atom stereocenters. The highest BCUT2D eigenvalue weighted by Gasteiger charge is 2.44. The molecule has 1 aliphatic rings. The van der Waals surface area contributed by atoms with E-state index in [1.807, 2.05) is 6.07 Å². The molecule has 0 amide bonds. The van der Waals surface area contributed by atoms with Crippen molar-refractivity contribution < 1.29 is 14.0 Å². The molecule has 1 aromatic heterocycles. The van der Waals surface area contributed by atoms with Gasteiger partial charge in [-0.25, -0.2) is 0 Å². The Balaban J connectivity index is 2.13. The normalized spacial score (nSPS) is 14.4. The summed E-state index contributed by atoms with van der Waals surface area (Å²) in [7, 11) is 3.35. The molecular formula is C20H20NO2+. The van der Waals surface area contributed by atoms with E-state index in [2.05, 4.69) is 60.9 Å². The molecule has 4 rings (SSSR count). The van der Waals surface area contributed by atoms with Gasteiger partial charge >= 0.3 is 0 Å². The minimum Gasteiger partial charge on any atom is -0.493 e. The van der Waals surface area contributed by atoms with Gasteiger partial charge in [-0.3, -0.25) is 0 Å². The van der Waals surface area contributed by atoms with Crippen LogP contribution in [0.2, 0.25) is 0 Å². The lowest BCUT2D eigenvalue weighted by atomic mass is 9.83. The van der Waals surface area contributed by atoms with Gasteiger partial charge in [0.25, 0.3) is 0 Å². The molecule has 0 fully saturated rings. The molecule has 2 aromatic carbocycles. The third-order valence-corrected chi connectivity index (χ3v) is 4.89. The molecule has 0 saturated heterocycles. The van der Waals surface area contributed by atoms with Crippen LogP contribution < -0.4 is 14.0 Å². The number of aromatic nitrogens is 1. The van der Waals surface area contributed by atoms with Crippen LogP contribution in [0, 0.1) is 0 Å². The SMILES string of the molecule is COc1cc2ccc3[n+](c2cc1OC)-c1ccccc1C3(C)C. The zero-order valence-electron chi connectivity index (χ0n) is 13.9. The highest BCUT2D eigenvalue weighted by atomic mass is 16.5. The summed E-state index contributed by atoms with van der Waals surface area (Å²) in [5.74, 6) is 1.51. The topological polar surface area (TPSA) is 22.3 Å². The fourth-order valence-electron chi connectivity index (χ4n) is 3.67. The number of rotatable bonds is 2. The fourth-order valence-corrected chi connectivity index (χ4v) is 3.67. The second-order valence-electron chi connectivity index (χ2n) is 6.46. The van der Waals surface area contributed by atoms with Crippen LogP contribution in [-0.2, 0) is 5.41 Å². The van der Waals surface area contributed by atoms with Crippen molar-refractivity contribution in [2.45, 2.75) is 19.3 Å². The standard InChI is InChI=1S/C20H20NO2/c1-20(2)14-7-5-6-8-15(14)21-16-12-18(23-4)17(22-3)11-13(16)9-10-19(20)21/h5-12H,1-4H3/q+1. The molecule has 0 saturated carbocycles. The van der Waals surface area contributed by atoms with E-state index < -0.39 is 0 Å². The van der Waals surface area contributed by atoms with Crippen molar-refractivity contribution in [3.8, 4) is 17.2 Å². The molecule has 0 N–H and O–H groups in total. The number of ether oxygens (including phenoxy) is 2. The number of nitrogens with zero attached hydrogens (tertiary/aromatic N) is 1. The van der Waals surface area contributed by atoms with Gasteiger partial charge in [0, 0.05) is 17.7 Å². The van der Waals surface area contributed by atoms with Crippen LogP contribution in [0.1, 0.15) is 25.1 Å². The first kappa shape index (κ1) is 14.1. The van der Waals surface area contributed by atoms with Crippen LogP contribution in [0.5, 0.6) is 11.5 Å². The van der Waals surface area contributed by atoms with Crippen molar-refractivity contribution >= 4 is 10.9 Å². The van der Waals surface area contributed by atoms with Crippen molar-refractivity contribution in [1.82, 2.24) is 0 Å². The Labute approximate surface area is 136 Å². The molecule has 1 aliphatic heterocycles. The Hall–Kier alpha value is -2.55. The average Bonchev–Trinajstić information content (AvgIpc) is 2.82. The van der Waals surface area contributed by atoms with Gasteiger partial charge in [-0.2, -0.15) is 4.57 Å². The number of benzene rings is 2. The van der Waals surface area contributed by atoms with Crippen molar-refractivity contribution in [3.63, 3.8) is 0 Å². The van der Waals surface area contributed by atoms with Gasteiger partial charge in [-0.15, -0.1) is 0 Å². The van der Waals surface area contributed by atoms with Gasteiger partial charge in [-0.1, -0.05) is 18.2 Å². The molecule has 3 nitrogen and oxygen atoms in total. The number of hydrogen-bond acceptors (Lipinski definition) is 2. The lowest BCUT2D eigenvalue weighted by Gasteiger charge is -2.14. The molecule has 116 valence electrons. The molecule has 0 aliphatic carbocycles. The van der Waals surface area contributed by atoms with Gasteiger partial charge in [0.05, 0.1) is 31.1 Å². The molecule has 0 radical (unpaired) electrons. The number of fused-ring (bicyclic) bond motifs is 5. The highest BCUT2D eigenvalue weighted by Crippen LogP contribution is 2.40. The molecule has 23 heavy (non-hydrogen) atoms. The summed E-state index contributed by atoms with van der Waals surface area (Å²) in [5.41, 5.74) is 5.00. The second-order valence-corrected chi connectivity index (χ2v) is 6.46. The third-order valence-electron chi connectivity index (χ3n) is 4.89. The maximum atomic E-state index is 5.51. The zero-order chi connectivity index (χ0) is 16.2. The summed E-state index contributed by atoms with van der Waals surface area (Å²) in [6.07, 6.45) is 0. The predicted molar refractivity (Wildman–Crippen MR) is 90.7 cm³/mol. The van der Waals surface area contributed by atoms with Gasteiger partial charge in [0.1, 0.15) is 0 Å². The first-order valence-electron chi connectivity index (χ1n) is 7.79. The zero-order valence-corrected chi connectivity index (χ0v) is 13.9. The van der Waals surface area contributed by atoms with E-state index in [0.29, 0.717) is 0 Å². The molecular weight excluding hydrogens is 286 g/mol. The van der Waals surface area contributed by atoms with Gasteiger partial charge in [0.15, 0.2) is 17.2 Å². The fraction of sp³-hybridized carbons (Fsp3) is 0.250. The van der Waals surface area contributed by atoms with Gasteiger partial charge in [0.2, 0.25) is 11.2 Å². The van der Waals surface area contributed by atoms with Crippen LogP contribution in [0.25, 0.3) is 16.6 Å². The summed E-state index contributed by atoms with van der Waals surface area (Å²) < 4.78 is 13.3. The van der Waals surface area contributed by atoms with Gasteiger partial charge < -0.3 is 9.47 Å². The monoisotopic (exact) mass is 306 g/mol. The Morgan fingerprint density at radius 1 is 0.870 bits per heavy atom. The van der Waals surface area contributed by atoms with E-state index in [9.17, 15) is 0 Å². The molecule has 0 spiro atoms. The molecule has 0 bridgehead atoms. The Bertz CT molecular complexity index is 928. The average molecular weight is 306 g/mol. The molecule has 3 aromatic rings. The summed E-state index contributed by atoms with van der Waals surface area (Å²) >= 11 is 0. The van der Waals surface area contributed by atoms with E-state index in [-0.39, 0.29) is 5.41 Å².